The summed E-state index contributed by atoms with van der Waals surface area (Å²) in [6.45, 7) is 0. The Labute approximate surface area is 145 Å². The number of thioether (sulfide) groups is 1. The number of aromatic nitrogens is 1. The van der Waals surface area contributed by atoms with E-state index < -0.39 is 0 Å². The molecule has 1 aliphatic carbocycles. The molecule has 2 aliphatic rings. The van der Waals surface area contributed by atoms with Crippen molar-refractivity contribution < 1.29 is 4.79 Å². The van der Waals surface area contributed by atoms with Gasteiger partial charge in [0.05, 0.1) is 10.4 Å². The molecule has 118 valence electrons. The van der Waals surface area contributed by atoms with Crippen molar-refractivity contribution in [1.29, 1.82) is 0 Å². The normalized spacial score (nSPS) is 19.7. The predicted octanol–water partition coefficient (Wildman–Crippen LogP) is 5.15. The summed E-state index contributed by atoms with van der Waals surface area (Å²) in [5.74, 6) is 0.0519. The number of rotatable bonds is 1. The predicted molar refractivity (Wildman–Crippen MR) is 94.2 cm³/mol. The molecule has 1 aromatic heterocycles. The van der Waals surface area contributed by atoms with E-state index in [1.54, 1.807) is 18.0 Å². The van der Waals surface area contributed by atoms with Crippen LogP contribution in [0.2, 0.25) is 5.02 Å². The first-order valence-electron chi connectivity index (χ1n) is 7.94. The quantitative estimate of drug-likeness (QED) is 0.717. The number of anilines is 1. The van der Waals surface area contributed by atoms with Crippen LogP contribution in [0.25, 0.3) is 0 Å². The van der Waals surface area contributed by atoms with Crippen molar-refractivity contribution in [2.24, 2.45) is 0 Å². The smallest absolute Gasteiger partial charge is 0.262 e. The second-order valence-corrected chi connectivity index (χ2v) is 7.87. The van der Waals surface area contributed by atoms with Crippen LogP contribution < -0.4 is 4.90 Å². The van der Waals surface area contributed by atoms with Crippen molar-refractivity contribution in [2.45, 2.75) is 42.0 Å². The van der Waals surface area contributed by atoms with Crippen LogP contribution in [0.4, 0.5) is 5.69 Å². The van der Waals surface area contributed by atoms with Gasteiger partial charge in [-0.25, -0.2) is 4.98 Å². The number of fused-ring (bicyclic) bond motifs is 1. The first-order chi connectivity index (χ1) is 11.2. The van der Waals surface area contributed by atoms with Crippen LogP contribution >= 0.6 is 23.4 Å². The zero-order chi connectivity index (χ0) is 15.9. The summed E-state index contributed by atoms with van der Waals surface area (Å²) >= 11 is 7.78. The maximum atomic E-state index is 13.2. The number of amides is 1. The van der Waals surface area contributed by atoms with E-state index in [9.17, 15) is 4.79 Å². The van der Waals surface area contributed by atoms with Crippen LogP contribution in [-0.4, -0.2) is 15.8 Å². The largest absolute Gasteiger partial charge is 0.293 e. The Balaban J connectivity index is 1.85. The molecule has 0 radical (unpaired) electrons. The molecule has 0 N–H and O–H groups in total. The van der Waals surface area contributed by atoms with Gasteiger partial charge in [0.25, 0.3) is 5.91 Å². The van der Waals surface area contributed by atoms with Crippen molar-refractivity contribution in [3.05, 3.63) is 53.2 Å². The third-order valence-electron chi connectivity index (χ3n) is 4.62. The highest BCUT2D eigenvalue weighted by Crippen LogP contribution is 2.51. The molecule has 1 fully saturated rings. The lowest BCUT2D eigenvalue weighted by atomic mass is 9.92. The molecule has 1 saturated carbocycles. The summed E-state index contributed by atoms with van der Waals surface area (Å²) in [4.78, 5) is 19.4. The van der Waals surface area contributed by atoms with E-state index in [-0.39, 0.29) is 10.8 Å². The molecule has 5 heteroatoms. The Morgan fingerprint density at radius 1 is 1.09 bits per heavy atom. The molecule has 1 amide bonds. The van der Waals surface area contributed by atoms with Crippen molar-refractivity contribution in [1.82, 2.24) is 4.98 Å². The summed E-state index contributed by atoms with van der Waals surface area (Å²) in [5.41, 5.74) is 1.62. The number of pyridine rings is 1. The lowest BCUT2D eigenvalue weighted by Gasteiger charge is -2.48. The first kappa shape index (κ1) is 15.0. The van der Waals surface area contributed by atoms with Crippen molar-refractivity contribution in [3.63, 3.8) is 0 Å². The number of hydrogen-bond donors (Lipinski definition) is 0. The van der Waals surface area contributed by atoms with E-state index in [0.717, 1.165) is 36.4 Å². The topological polar surface area (TPSA) is 33.2 Å². The van der Waals surface area contributed by atoms with Gasteiger partial charge in [-0.05, 0) is 49.2 Å². The van der Waals surface area contributed by atoms with Gasteiger partial charge in [0.15, 0.2) is 0 Å². The summed E-state index contributed by atoms with van der Waals surface area (Å²) < 4.78 is 0. The molecular formula is C18H17ClN2OS. The van der Waals surface area contributed by atoms with E-state index >= 15 is 0 Å². The maximum absolute atomic E-state index is 13.2. The van der Waals surface area contributed by atoms with Crippen LogP contribution in [0, 0.1) is 0 Å². The average Bonchev–Trinajstić information content (AvgIpc) is 2.57. The molecular weight excluding hydrogens is 328 g/mol. The molecule has 1 spiro atoms. The molecule has 0 saturated heterocycles. The Kier molecular flexibility index (Phi) is 3.82. The molecule has 4 rings (SSSR count). The third-order valence-corrected chi connectivity index (χ3v) is 6.36. The minimum atomic E-state index is -0.218. The third kappa shape index (κ3) is 2.54. The molecule has 1 aliphatic heterocycles. The van der Waals surface area contributed by atoms with Gasteiger partial charge in [0.2, 0.25) is 0 Å². The van der Waals surface area contributed by atoms with Gasteiger partial charge in [0.1, 0.15) is 5.03 Å². The summed E-state index contributed by atoms with van der Waals surface area (Å²) in [5, 5.41) is 1.55. The zero-order valence-electron chi connectivity index (χ0n) is 12.7. The first-order valence-corrected chi connectivity index (χ1v) is 9.13. The monoisotopic (exact) mass is 344 g/mol. The van der Waals surface area contributed by atoms with Gasteiger partial charge in [-0.1, -0.05) is 42.6 Å². The molecule has 0 bridgehead atoms. The molecule has 0 atom stereocenters. The molecule has 3 nitrogen and oxygen atoms in total. The number of nitrogens with zero attached hydrogens (tertiary/aromatic N) is 2. The van der Waals surface area contributed by atoms with Crippen LogP contribution in [0.5, 0.6) is 0 Å². The second-order valence-electron chi connectivity index (χ2n) is 6.08. The number of carbonyl (C=O) groups excluding carboxylic acids is 1. The number of benzene rings is 1. The fraction of sp³-hybridized carbons (Fsp3) is 0.333. The van der Waals surface area contributed by atoms with Gasteiger partial charge in [-0.3, -0.25) is 9.69 Å². The standard InChI is InChI=1S/C18H17ClN2OS/c19-13-6-8-14(9-7-13)21-17(22)15-5-4-12-20-16(15)23-18(21)10-2-1-3-11-18/h4-9,12H,1-3,10-11H2. The average molecular weight is 345 g/mol. The summed E-state index contributed by atoms with van der Waals surface area (Å²) in [6, 6.07) is 11.3. The van der Waals surface area contributed by atoms with Gasteiger partial charge in [-0.2, -0.15) is 0 Å². The van der Waals surface area contributed by atoms with Crippen molar-refractivity contribution >= 4 is 35.0 Å². The lowest BCUT2D eigenvalue weighted by Crippen LogP contribution is -2.53. The summed E-state index contributed by atoms with van der Waals surface area (Å²) in [6.07, 6.45) is 7.30. The SMILES string of the molecule is O=C1c2cccnc2SC2(CCCCC2)N1c1ccc(Cl)cc1. The number of halogens is 1. The van der Waals surface area contributed by atoms with Crippen LogP contribution in [0.1, 0.15) is 42.5 Å². The summed E-state index contributed by atoms with van der Waals surface area (Å²) in [7, 11) is 0. The molecule has 1 aromatic carbocycles. The highest BCUT2D eigenvalue weighted by Gasteiger charge is 2.47. The molecule has 2 heterocycles. The van der Waals surface area contributed by atoms with Crippen molar-refractivity contribution in [3.8, 4) is 0 Å². The van der Waals surface area contributed by atoms with E-state index in [1.165, 1.54) is 6.42 Å². The van der Waals surface area contributed by atoms with Gasteiger partial charge in [-0.15, -0.1) is 0 Å². The van der Waals surface area contributed by atoms with Gasteiger partial charge < -0.3 is 0 Å². The Hall–Kier alpha value is -1.52. The number of hydrogen-bond acceptors (Lipinski definition) is 3. The van der Waals surface area contributed by atoms with Gasteiger partial charge >= 0.3 is 0 Å². The van der Waals surface area contributed by atoms with Crippen LogP contribution in [0.3, 0.4) is 0 Å². The lowest BCUT2D eigenvalue weighted by molar-refractivity contribution is 0.0956. The molecule has 0 unspecified atom stereocenters. The van der Waals surface area contributed by atoms with Crippen LogP contribution in [-0.2, 0) is 0 Å². The van der Waals surface area contributed by atoms with E-state index in [1.807, 2.05) is 41.3 Å². The Morgan fingerprint density at radius 3 is 2.57 bits per heavy atom. The minimum absolute atomic E-state index is 0.0519. The molecule has 2 aromatic rings. The van der Waals surface area contributed by atoms with E-state index in [2.05, 4.69) is 4.98 Å². The Morgan fingerprint density at radius 2 is 1.83 bits per heavy atom. The highest BCUT2D eigenvalue weighted by atomic mass is 35.5. The maximum Gasteiger partial charge on any atom is 0.262 e. The van der Waals surface area contributed by atoms with E-state index in [4.69, 9.17) is 11.6 Å². The van der Waals surface area contributed by atoms with E-state index in [0.29, 0.717) is 10.6 Å². The highest BCUT2D eigenvalue weighted by molar-refractivity contribution is 8.01. The van der Waals surface area contributed by atoms with Crippen LogP contribution in [0.15, 0.2) is 47.6 Å². The van der Waals surface area contributed by atoms with Crippen molar-refractivity contribution in [2.75, 3.05) is 4.90 Å². The second kappa shape index (κ2) is 5.84. The fourth-order valence-electron chi connectivity index (χ4n) is 3.54. The number of carbonyl (C=O) groups is 1. The minimum Gasteiger partial charge on any atom is -0.293 e. The zero-order valence-corrected chi connectivity index (χ0v) is 14.2. The fourth-order valence-corrected chi connectivity index (χ4v) is 5.18. The van der Waals surface area contributed by atoms with Gasteiger partial charge in [0, 0.05) is 16.9 Å². The Bertz CT molecular complexity index is 741. The molecule has 23 heavy (non-hydrogen) atoms.